The third kappa shape index (κ3) is 5.64. The molecule has 0 N–H and O–H groups in total. The molecule has 1 fully saturated rings. The van der Waals surface area contributed by atoms with Crippen LogP contribution in [0, 0.1) is 6.92 Å². The summed E-state index contributed by atoms with van der Waals surface area (Å²) in [7, 11) is -4.18. The first-order valence-corrected chi connectivity index (χ1v) is 13.2. The molecule has 0 spiro atoms. The summed E-state index contributed by atoms with van der Waals surface area (Å²) in [6.07, 6.45) is -0.0803. The highest BCUT2D eigenvalue weighted by molar-refractivity contribution is 7.87. The number of fused-ring (bicyclic) bond motifs is 1. The topological polar surface area (TPSA) is 107 Å². The summed E-state index contributed by atoms with van der Waals surface area (Å²) in [5.74, 6) is -0.902. The van der Waals surface area contributed by atoms with E-state index in [9.17, 15) is 18.0 Å². The van der Waals surface area contributed by atoms with Crippen molar-refractivity contribution in [3.05, 3.63) is 57.3 Å². The largest absolute Gasteiger partial charge is 0.444 e. The normalized spacial score (nSPS) is 19.1. The second-order valence-electron chi connectivity index (χ2n) is 9.41. The van der Waals surface area contributed by atoms with Gasteiger partial charge < -0.3 is 13.8 Å². The van der Waals surface area contributed by atoms with Crippen molar-refractivity contribution in [2.24, 2.45) is 0 Å². The molecular formula is C23H26FN3O6S2. The molecule has 12 heteroatoms. The number of thiazole rings is 1. The van der Waals surface area contributed by atoms with Gasteiger partial charge in [0.05, 0.1) is 12.6 Å². The number of aryl methyl sites for hydroxylation is 1. The number of hydrogen-bond acceptors (Lipinski definition) is 8. The number of halogens is 1. The van der Waals surface area contributed by atoms with Crippen molar-refractivity contribution < 1.29 is 26.5 Å². The Kier molecular flexibility index (Phi) is 6.62. The Labute approximate surface area is 206 Å². The van der Waals surface area contributed by atoms with E-state index in [2.05, 4.69) is 4.98 Å². The Morgan fingerprint density at radius 3 is 2.54 bits per heavy atom. The second kappa shape index (κ2) is 9.23. The zero-order valence-electron chi connectivity index (χ0n) is 19.7. The molecule has 9 nitrogen and oxygen atoms in total. The number of amides is 1. The fraction of sp³-hybridized carbons (Fsp3) is 0.435. The van der Waals surface area contributed by atoms with Crippen LogP contribution in [0.4, 0.5) is 9.18 Å². The number of benzene rings is 1. The summed E-state index contributed by atoms with van der Waals surface area (Å²) >= 11 is 1.08. The Hall–Kier alpha value is -2.99. The van der Waals surface area contributed by atoms with E-state index in [4.69, 9.17) is 8.92 Å². The minimum atomic E-state index is -4.18. The molecule has 1 aliphatic rings. The molecule has 0 aliphatic carbocycles. The number of carbonyl (C=O) groups excluding carboxylic acids is 1. The van der Waals surface area contributed by atoms with E-state index in [1.165, 1.54) is 27.6 Å². The van der Waals surface area contributed by atoms with Crippen LogP contribution in [0.1, 0.15) is 43.6 Å². The lowest BCUT2D eigenvalue weighted by Crippen LogP contribution is -2.46. The number of nitrogens with zero attached hydrogens (tertiary/aromatic N) is 3. The van der Waals surface area contributed by atoms with Crippen LogP contribution in [0.15, 0.2) is 46.2 Å². The predicted octanol–water partition coefficient (Wildman–Crippen LogP) is 3.89. The number of hydrogen-bond donors (Lipinski definition) is 0. The number of piperidine rings is 1. The van der Waals surface area contributed by atoms with Gasteiger partial charge in [-0.2, -0.15) is 13.4 Å². The molecule has 4 rings (SSSR count). The fourth-order valence-corrected chi connectivity index (χ4v) is 5.74. The molecular weight excluding hydrogens is 497 g/mol. The van der Waals surface area contributed by atoms with Crippen LogP contribution >= 0.6 is 11.3 Å². The van der Waals surface area contributed by atoms with Crippen molar-refractivity contribution in [2.45, 2.75) is 56.7 Å². The molecule has 2 atom stereocenters. The first-order valence-electron chi connectivity index (χ1n) is 11.0. The molecule has 1 aromatic carbocycles. The number of aromatic nitrogens is 2. The number of likely N-dealkylation sites (tertiary alicyclic amines) is 1. The van der Waals surface area contributed by atoms with Gasteiger partial charge in [0.25, 0.3) is 5.56 Å². The van der Waals surface area contributed by atoms with Crippen LogP contribution in [0.2, 0.25) is 0 Å². The van der Waals surface area contributed by atoms with Gasteiger partial charge in [0.2, 0.25) is 5.88 Å². The summed E-state index contributed by atoms with van der Waals surface area (Å²) in [5.41, 5.74) is -0.339. The highest BCUT2D eigenvalue weighted by Gasteiger charge is 2.35. The standard InChI is InChI=1S/C23H26FN3O6S2/c1-14-5-7-15(8-6-14)35(30,31)33-19-11-20(28)27-13-18(34-21(27)25-19)16-9-10-26(12-17(16)24)22(29)32-23(2,3)4/h5-8,11,13,16-17H,9-10,12H2,1-4H3/t16-,17-/m1/s1. The van der Waals surface area contributed by atoms with E-state index < -0.39 is 39.5 Å². The molecule has 1 amide bonds. The van der Waals surface area contributed by atoms with Gasteiger partial charge in [-0.15, -0.1) is 11.3 Å². The van der Waals surface area contributed by atoms with Gasteiger partial charge in [-0.05, 0) is 46.2 Å². The highest BCUT2D eigenvalue weighted by atomic mass is 32.2. The Bertz CT molecular complexity index is 1410. The van der Waals surface area contributed by atoms with E-state index >= 15 is 4.39 Å². The number of alkyl halides is 1. The van der Waals surface area contributed by atoms with Gasteiger partial charge in [-0.3, -0.25) is 9.20 Å². The van der Waals surface area contributed by atoms with Crippen LogP contribution in [-0.4, -0.2) is 53.7 Å². The lowest BCUT2D eigenvalue weighted by atomic mass is 9.94. The van der Waals surface area contributed by atoms with E-state index in [0.29, 0.717) is 17.8 Å². The maximum Gasteiger partial charge on any atom is 0.410 e. The van der Waals surface area contributed by atoms with Crippen molar-refractivity contribution in [3.8, 4) is 5.88 Å². The lowest BCUT2D eigenvalue weighted by molar-refractivity contribution is 0.0113. The molecule has 0 saturated carbocycles. The molecule has 188 valence electrons. The molecule has 0 radical (unpaired) electrons. The van der Waals surface area contributed by atoms with Gasteiger partial charge >= 0.3 is 16.2 Å². The van der Waals surface area contributed by atoms with Crippen LogP contribution < -0.4 is 9.74 Å². The van der Waals surface area contributed by atoms with Crippen molar-refractivity contribution in [1.29, 1.82) is 0 Å². The van der Waals surface area contributed by atoms with Crippen molar-refractivity contribution in [2.75, 3.05) is 13.1 Å². The molecule has 35 heavy (non-hydrogen) atoms. The molecule has 3 heterocycles. The Morgan fingerprint density at radius 2 is 1.91 bits per heavy atom. The fourth-order valence-electron chi connectivity index (χ4n) is 3.70. The third-order valence-electron chi connectivity index (χ3n) is 5.43. The minimum Gasteiger partial charge on any atom is -0.444 e. The van der Waals surface area contributed by atoms with E-state index in [1.54, 1.807) is 32.9 Å². The average molecular weight is 524 g/mol. The van der Waals surface area contributed by atoms with Crippen LogP contribution in [0.5, 0.6) is 5.88 Å². The molecule has 0 bridgehead atoms. The highest BCUT2D eigenvalue weighted by Crippen LogP contribution is 2.35. The Morgan fingerprint density at radius 1 is 1.23 bits per heavy atom. The van der Waals surface area contributed by atoms with E-state index in [1.807, 2.05) is 6.92 Å². The van der Waals surface area contributed by atoms with Crippen molar-refractivity contribution >= 4 is 32.5 Å². The SMILES string of the molecule is Cc1ccc(S(=O)(=O)Oc2cc(=O)n3cc([C@@H]4CCN(C(=O)OC(C)(C)C)C[C@H]4F)sc3n2)cc1. The average Bonchev–Trinajstić information content (AvgIpc) is 3.17. The predicted molar refractivity (Wildman–Crippen MR) is 128 cm³/mol. The first kappa shape index (κ1) is 25.1. The molecule has 0 unspecified atom stereocenters. The summed E-state index contributed by atoms with van der Waals surface area (Å²) in [6.45, 7) is 7.24. The first-order chi connectivity index (χ1) is 16.3. The number of rotatable bonds is 4. The van der Waals surface area contributed by atoms with Gasteiger partial charge in [-0.25, -0.2) is 9.18 Å². The quantitative estimate of drug-likeness (QED) is 0.478. The molecule has 3 aromatic rings. The van der Waals surface area contributed by atoms with Gasteiger partial charge in [0.1, 0.15) is 16.7 Å². The van der Waals surface area contributed by atoms with Crippen LogP contribution in [0.3, 0.4) is 0 Å². The summed E-state index contributed by atoms with van der Waals surface area (Å²) < 4.78 is 51.9. The van der Waals surface area contributed by atoms with Crippen LogP contribution in [0.25, 0.3) is 4.96 Å². The summed E-state index contributed by atoms with van der Waals surface area (Å²) in [5, 5.41) is 0. The molecule has 1 aliphatic heterocycles. The monoisotopic (exact) mass is 523 g/mol. The summed E-state index contributed by atoms with van der Waals surface area (Å²) in [6, 6.07) is 7.06. The van der Waals surface area contributed by atoms with Gasteiger partial charge in [-0.1, -0.05) is 17.7 Å². The minimum absolute atomic E-state index is 0.0611. The van der Waals surface area contributed by atoms with Gasteiger partial charge in [0.15, 0.2) is 4.96 Å². The van der Waals surface area contributed by atoms with Crippen molar-refractivity contribution in [3.63, 3.8) is 0 Å². The number of ether oxygens (including phenoxy) is 1. The zero-order valence-corrected chi connectivity index (χ0v) is 21.4. The Balaban J connectivity index is 1.53. The van der Waals surface area contributed by atoms with Gasteiger partial charge in [0, 0.05) is 23.5 Å². The molecule has 1 saturated heterocycles. The van der Waals surface area contributed by atoms with E-state index in [0.717, 1.165) is 23.0 Å². The van der Waals surface area contributed by atoms with Crippen LogP contribution in [-0.2, 0) is 14.9 Å². The maximum atomic E-state index is 15.1. The maximum absolute atomic E-state index is 15.1. The summed E-state index contributed by atoms with van der Waals surface area (Å²) in [4.78, 5) is 31.1. The van der Waals surface area contributed by atoms with Crippen molar-refractivity contribution in [1.82, 2.24) is 14.3 Å². The number of carbonyl (C=O) groups is 1. The second-order valence-corrected chi connectivity index (χ2v) is 12.0. The zero-order chi connectivity index (χ0) is 25.5. The smallest absolute Gasteiger partial charge is 0.410 e. The third-order valence-corrected chi connectivity index (χ3v) is 7.78. The molecule has 2 aromatic heterocycles. The van der Waals surface area contributed by atoms with E-state index in [-0.39, 0.29) is 22.3 Å². The lowest BCUT2D eigenvalue weighted by Gasteiger charge is -2.35.